The van der Waals surface area contributed by atoms with Crippen LogP contribution >= 0.6 is 0 Å². The number of carbonyl (C=O) groups is 2. The summed E-state index contributed by atoms with van der Waals surface area (Å²) in [7, 11) is 0. The number of hydrogen-bond acceptors (Lipinski definition) is 5. The van der Waals surface area contributed by atoms with E-state index in [1.807, 2.05) is 0 Å². The van der Waals surface area contributed by atoms with Crippen molar-refractivity contribution in [2.45, 2.75) is 411 Å². The van der Waals surface area contributed by atoms with E-state index in [9.17, 15) is 19.8 Å². The third-order valence-electron chi connectivity index (χ3n) is 16.9. The fraction of sp³-hybridized carbons (Fsp3) is 0.892. The van der Waals surface area contributed by atoms with E-state index in [4.69, 9.17) is 4.74 Å². The molecule has 6 heteroatoms. The molecule has 80 heavy (non-hydrogen) atoms. The van der Waals surface area contributed by atoms with E-state index in [0.29, 0.717) is 25.9 Å². The Labute approximate surface area is 500 Å². The van der Waals surface area contributed by atoms with Crippen molar-refractivity contribution in [2.75, 3.05) is 13.2 Å². The molecular weight excluding hydrogens is 983 g/mol. The normalized spacial score (nSPS) is 12.7. The van der Waals surface area contributed by atoms with E-state index in [2.05, 4.69) is 55.6 Å². The van der Waals surface area contributed by atoms with Crippen LogP contribution in [0.4, 0.5) is 0 Å². The third kappa shape index (κ3) is 65.2. The Morgan fingerprint density at radius 1 is 0.350 bits per heavy atom. The predicted octanol–water partition coefficient (Wildman–Crippen LogP) is 23.5. The molecule has 0 aliphatic rings. The molecule has 1 amide bonds. The molecule has 0 aliphatic heterocycles. The lowest BCUT2D eigenvalue weighted by Crippen LogP contribution is -2.45. The predicted molar refractivity (Wildman–Crippen MR) is 352 cm³/mol. The van der Waals surface area contributed by atoms with Crippen LogP contribution in [-0.4, -0.2) is 47.4 Å². The fourth-order valence-electron chi connectivity index (χ4n) is 11.4. The standard InChI is InChI=1S/C74H141NO5/c1-3-5-7-9-11-13-15-17-18-19-34-38-41-44-48-52-56-60-64-68-74(79)80-69-65-61-57-53-49-45-42-39-36-33-31-29-27-25-23-21-20-22-24-26-28-30-32-35-37-40-43-47-51-55-59-63-67-73(78)75-71(70-76)72(77)66-62-58-54-50-46-16-14-12-10-8-6-4-2/h11,13,17-18,23,25,71-72,76-77H,3-10,12,14-16,19-22,24,26-70H2,1-2H3,(H,75,78)/b13-11-,18-17-,25-23-. The highest BCUT2D eigenvalue weighted by atomic mass is 16.5. The number of aliphatic hydroxyl groups excluding tert-OH is 2. The van der Waals surface area contributed by atoms with E-state index in [1.165, 1.54) is 315 Å². The quantitative estimate of drug-likeness (QED) is 0.0320. The number of ether oxygens (including phenoxy) is 1. The molecule has 0 aromatic rings. The van der Waals surface area contributed by atoms with Crippen molar-refractivity contribution in [3.8, 4) is 0 Å². The molecule has 2 unspecified atom stereocenters. The van der Waals surface area contributed by atoms with Crippen molar-refractivity contribution >= 4 is 11.9 Å². The lowest BCUT2D eigenvalue weighted by molar-refractivity contribution is -0.143. The Morgan fingerprint density at radius 3 is 0.988 bits per heavy atom. The SMILES string of the molecule is CCCCC/C=C\C/C=C\CCCCCCCCCCCC(=O)OCCCCCCCCCCCCCC/C=C\CCCCCCCCCCCCCCCCCCC(=O)NC(CO)C(O)CCCCCCCCCCCCCC. The summed E-state index contributed by atoms with van der Waals surface area (Å²) >= 11 is 0. The van der Waals surface area contributed by atoms with Crippen LogP contribution in [0.25, 0.3) is 0 Å². The fourth-order valence-corrected chi connectivity index (χ4v) is 11.4. The lowest BCUT2D eigenvalue weighted by Gasteiger charge is -2.22. The van der Waals surface area contributed by atoms with Crippen LogP contribution < -0.4 is 5.32 Å². The van der Waals surface area contributed by atoms with Gasteiger partial charge in [-0.25, -0.2) is 0 Å². The Kier molecular flexibility index (Phi) is 67.9. The second kappa shape index (κ2) is 69.6. The van der Waals surface area contributed by atoms with Gasteiger partial charge in [0.2, 0.25) is 5.91 Å². The van der Waals surface area contributed by atoms with E-state index in [0.717, 1.165) is 51.4 Å². The first kappa shape index (κ1) is 78.1. The van der Waals surface area contributed by atoms with Crippen molar-refractivity contribution in [2.24, 2.45) is 0 Å². The molecule has 0 aromatic carbocycles. The first-order valence-electron chi connectivity index (χ1n) is 36.2. The second-order valence-electron chi connectivity index (χ2n) is 24.9. The number of rotatable bonds is 68. The molecule has 0 rings (SSSR count). The van der Waals surface area contributed by atoms with E-state index < -0.39 is 12.1 Å². The minimum Gasteiger partial charge on any atom is -0.466 e. The molecule has 0 fully saturated rings. The van der Waals surface area contributed by atoms with Crippen molar-refractivity contribution in [3.05, 3.63) is 36.5 Å². The molecule has 0 bridgehead atoms. The van der Waals surface area contributed by atoms with E-state index >= 15 is 0 Å². The van der Waals surface area contributed by atoms with Gasteiger partial charge in [0.05, 0.1) is 25.4 Å². The van der Waals surface area contributed by atoms with Crippen molar-refractivity contribution < 1.29 is 24.5 Å². The number of nitrogens with one attached hydrogen (secondary N) is 1. The smallest absolute Gasteiger partial charge is 0.305 e. The van der Waals surface area contributed by atoms with Gasteiger partial charge < -0.3 is 20.3 Å². The molecule has 0 aliphatic carbocycles. The minimum absolute atomic E-state index is 0.0148. The van der Waals surface area contributed by atoms with E-state index in [1.54, 1.807) is 0 Å². The van der Waals surface area contributed by atoms with Crippen LogP contribution in [-0.2, 0) is 14.3 Å². The van der Waals surface area contributed by atoms with Gasteiger partial charge >= 0.3 is 5.97 Å². The minimum atomic E-state index is -0.661. The summed E-state index contributed by atoms with van der Waals surface area (Å²) < 4.78 is 5.51. The van der Waals surface area contributed by atoms with Gasteiger partial charge in [-0.3, -0.25) is 9.59 Å². The van der Waals surface area contributed by atoms with Crippen LogP contribution in [0.2, 0.25) is 0 Å². The third-order valence-corrected chi connectivity index (χ3v) is 16.9. The van der Waals surface area contributed by atoms with Crippen LogP contribution in [0.5, 0.6) is 0 Å². The number of amides is 1. The van der Waals surface area contributed by atoms with Gasteiger partial charge in [-0.1, -0.05) is 339 Å². The van der Waals surface area contributed by atoms with Gasteiger partial charge in [-0.15, -0.1) is 0 Å². The second-order valence-corrected chi connectivity index (χ2v) is 24.9. The Balaban J connectivity index is 3.33. The van der Waals surface area contributed by atoms with Crippen molar-refractivity contribution in [1.82, 2.24) is 5.32 Å². The van der Waals surface area contributed by atoms with Crippen LogP contribution in [0.1, 0.15) is 399 Å². The first-order valence-corrected chi connectivity index (χ1v) is 36.2. The molecule has 0 aromatic heterocycles. The zero-order chi connectivity index (χ0) is 57.8. The Bertz CT molecular complexity index is 1300. The summed E-state index contributed by atoms with van der Waals surface area (Å²) in [5.74, 6) is -0.0162. The Morgan fingerprint density at radius 2 is 0.625 bits per heavy atom. The van der Waals surface area contributed by atoms with Gasteiger partial charge in [0.25, 0.3) is 0 Å². The monoisotopic (exact) mass is 1120 g/mol. The van der Waals surface area contributed by atoms with Crippen molar-refractivity contribution in [3.63, 3.8) is 0 Å². The summed E-state index contributed by atoms with van der Waals surface area (Å²) in [4.78, 5) is 24.6. The topological polar surface area (TPSA) is 95.9 Å². The lowest BCUT2D eigenvalue weighted by atomic mass is 10.0. The highest BCUT2D eigenvalue weighted by Gasteiger charge is 2.20. The molecule has 0 heterocycles. The summed E-state index contributed by atoms with van der Waals surface area (Å²) in [5, 5.41) is 23.3. The number of aliphatic hydroxyl groups is 2. The molecule has 0 radical (unpaired) electrons. The van der Waals surface area contributed by atoms with E-state index in [-0.39, 0.29) is 18.5 Å². The molecule has 0 saturated heterocycles. The highest BCUT2D eigenvalue weighted by molar-refractivity contribution is 5.76. The molecular formula is C74H141NO5. The van der Waals surface area contributed by atoms with Crippen LogP contribution in [0.3, 0.4) is 0 Å². The molecule has 3 N–H and O–H groups in total. The summed E-state index contributed by atoms with van der Waals surface area (Å²) in [6.45, 7) is 4.95. The number of esters is 1. The average Bonchev–Trinajstić information content (AvgIpc) is 3.46. The molecule has 472 valence electrons. The zero-order valence-corrected chi connectivity index (χ0v) is 54.1. The highest BCUT2D eigenvalue weighted by Crippen LogP contribution is 2.19. The zero-order valence-electron chi connectivity index (χ0n) is 54.1. The molecule has 2 atom stereocenters. The van der Waals surface area contributed by atoms with Gasteiger partial charge in [-0.2, -0.15) is 0 Å². The Hall–Kier alpha value is -1.92. The van der Waals surface area contributed by atoms with Gasteiger partial charge in [0.15, 0.2) is 0 Å². The number of unbranched alkanes of at least 4 members (excludes halogenated alkanes) is 51. The van der Waals surface area contributed by atoms with Gasteiger partial charge in [-0.05, 0) is 83.5 Å². The summed E-state index contributed by atoms with van der Waals surface area (Å²) in [5.41, 5.74) is 0. The molecule has 6 nitrogen and oxygen atoms in total. The molecule has 0 saturated carbocycles. The van der Waals surface area contributed by atoms with Gasteiger partial charge in [0, 0.05) is 12.8 Å². The largest absolute Gasteiger partial charge is 0.466 e. The van der Waals surface area contributed by atoms with Crippen LogP contribution in [0, 0.1) is 0 Å². The summed E-state index contributed by atoms with van der Waals surface area (Å²) in [6.07, 6.45) is 89.2. The molecule has 0 spiro atoms. The maximum absolute atomic E-state index is 12.5. The van der Waals surface area contributed by atoms with Gasteiger partial charge in [0.1, 0.15) is 0 Å². The van der Waals surface area contributed by atoms with Crippen LogP contribution in [0.15, 0.2) is 36.5 Å². The van der Waals surface area contributed by atoms with Crippen molar-refractivity contribution in [1.29, 1.82) is 0 Å². The summed E-state index contributed by atoms with van der Waals surface area (Å²) in [6, 6.07) is -0.538. The first-order chi connectivity index (χ1) is 39.5. The maximum atomic E-state index is 12.5. The number of carbonyl (C=O) groups excluding carboxylic acids is 2. The maximum Gasteiger partial charge on any atom is 0.305 e. The number of hydrogen-bond donors (Lipinski definition) is 3. The average molecular weight is 1120 g/mol. The number of allylic oxidation sites excluding steroid dienone is 6.